The van der Waals surface area contributed by atoms with Crippen molar-refractivity contribution in [3.05, 3.63) is 72.1 Å². The smallest absolute Gasteiger partial charge is 0.0983 e. The Balaban J connectivity index is 2.22. The molecule has 0 saturated carbocycles. The van der Waals surface area contributed by atoms with E-state index in [1.165, 1.54) is 5.39 Å². The first-order valence-electron chi connectivity index (χ1n) is 5.90. The molecular formula is C16H12N2. The highest BCUT2D eigenvalue weighted by Crippen LogP contribution is 2.29. The Morgan fingerprint density at radius 3 is 2.61 bits per heavy atom. The molecule has 3 rings (SSSR count). The highest BCUT2D eigenvalue weighted by Gasteiger charge is 2.15. The maximum Gasteiger partial charge on any atom is 0.0983 e. The standard InChI is InChI=1S/C16H12N2/c17-10-16(13-8-9-18-11-13)15-7-3-5-12-4-1-2-6-14(12)15/h1-9,11,16,18H. The van der Waals surface area contributed by atoms with E-state index in [4.69, 9.17) is 0 Å². The van der Waals surface area contributed by atoms with Gasteiger partial charge in [-0.05, 0) is 28.0 Å². The summed E-state index contributed by atoms with van der Waals surface area (Å²) >= 11 is 0. The highest BCUT2D eigenvalue weighted by atomic mass is 14.6. The molecule has 2 nitrogen and oxygen atoms in total. The van der Waals surface area contributed by atoms with Gasteiger partial charge in [0.15, 0.2) is 0 Å². The van der Waals surface area contributed by atoms with Crippen molar-refractivity contribution in [3.8, 4) is 6.07 Å². The minimum atomic E-state index is -0.220. The molecule has 2 heteroatoms. The topological polar surface area (TPSA) is 39.6 Å². The van der Waals surface area contributed by atoms with Gasteiger partial charge < -0.3 is 4.98 Å². The van der Waals surface area contributed by atoms with Crippen LogP contribution in [0.1, 0.15) is 17.0 Å². The van der Waals surface area contributed by atoms with Gasteiger partial charge in [-0.15, -0.1) is 0 Å². The average molecular weight is 232 g/mol. The molecule has 0 aliphatic carbocycles. The SMILES string of the molecule is N#CC(c1cc[nH]c1)c1cccc2ccccc12. The van der Waals surface area contributed by atoms with Crippen molar-refractivity contribution in [1.29, 1.82) is 5.26 Å². The van der Waals surface area contributed by atoms with Gasteiger partial charge in [-0.3, -0.25) is 0 Å². The van der Waals surface area contributed by atoms with Crippen LogP contribution in [0.5, 0.6) is 0 Å². The van der Waals surface area contributed by atoms with Crippen LogP contribution in [-0.2, 0) is 0 Å². The first-order valence-corrected chi connectivity index (χ1v) is 5.90. The van der Waals surface area contributed by atoms with Gasteiger partial charge in [0.05, 0.1) is 12.0 Å². The molecule has 0 fully saturated rings. The molecule has 0 amide bonds. The molecule has 2 aromatic carbocycles. The van der Waals surface area contributed by atoms with E-state index >= 15 is 0 Å². The highest BCUT2D eigenvalue weighted by molar-refractivity contribution is 5.86. The van der Waals surface area contributed by atoms with Crippen molar-refractivity contribution in [1.82, 2.24) is 4.98 Å². The second-order valence-electron chi connectivity index (χ2n) is 4.27. The lowest BCUT2D eigenvalue weighted by Gasteiger charge is -2.11. The Morgan fingerprint density at radius 1 is 1.00 bits per heavy atom. The number of aromatic nitrogens is 1. The number of aromatic amines is 1. The van der Waals surface area contributed by atoms with Gasteiger partial charge in [-0.2, -0.15) is 5.26 Å². The van der Waals surface area contributed by atoms with E-state index in [-0.39, 0.29) is 5.92 Å². The Bertz CT molecular complexity index is 700. The Morgan fingerprint density at radius 2 is 1.83 bits per heavy atom. The Hall–Kier alpha value is -2.53. The maximum absolute atomic E-state index is 9.45. The summed E-state index contributed by atoms with van der Waals surface area (Å²) in [6.45, 7) is 0. The molecule has 3 aromatic rings. The van der Waals surface area contributed by atoms with Gasteiger partial charge in [-0.25, -0.2) is 0 Å². The maximum atomic E-state index is 9.45. The van der Waals surface area contributed by atoms with Gasteiger partial charge in [0, 0.05) is 12.4 Å². The molecule has 1 atom stereocenters. The molecule has 1 heterocycles. The number of hydrogen-bond donors (Lipinski definition) is 1. The summed E-state index contributed by atoms with van der Waals surface area (Å²) in [5.74, 6) is -0.220. The molecule has 0 saturated heterocycles. The molecule has 0 aliphatic heterocycles. The van der Waals surface area contributed by atoms with Gasteiger partial charge in [-0.1, -0.05) is 42.5 Å². The number of benzene rings is 2. The lowest BCUT2D eigenvalue weighted by atomic mass is 9.90. The fourth-order valence-electron chi connectivity index (χ4n) is 2.34. The van der Waals surface area contributed by atoms with Crippen LogP contribution in [-0.4, -0.2) is 4.98 Å². The van der Waals surface area contributed by atoms with Crippen molar-refractivity contribution >= 4 is 10.8 Å². The lowest BCUT2D eigenvalue weighted by Crippen LogP contribution is -1.97. The van der Waals surface area contributed by atoms with Crippen molar-refractivity contribution in [2.24, 2.45) is 0 Å². The summed E-state index contributed by atoms with van der Waals surface area (Å²) in [6.07, 6.45) is 3.74. The minimum Gasteiger partial charge on any atom is -0.367 e. The zero-order valence-corrected chi connectivity index (χ0v) is 9.80. The number of nitriles is 1. The third kappa shape index (κ3) is 1.66. The van der Waals surface area contributed by atoms with Crippen LogP contribution in [0.3, 0.4) is 0 Å². The molecule has 0 aliphatic rings. The monoisotopic (exact) mass is 232 g/mol. The third-order valence-corrected chi connectivity index (χ3v) is 3.22. The fraction of sp³-hybridized carbons (Fsp3) is 0.0625. The predicted octanol–water partition coefficient (Wildman–Crippen LogP) is 3.82. The summed E-state index contributed by atoms with van der Waals surface area (Å²) in [7, 11) is 0. The fourth-order valence-corrected chi connectivity index (χ4v) is 2.34. The summed E-state index contributed by atoms with van der Waals surface area (Å²) in [4.78, 5) is 3.01. The Labute approximate surface area is 106 Å². The van der Waals surface area contributed by atoms with Crippen LogP contribution >= 0.6 is 0 Å². The van der Waals surface area contributed by atoms with Crippen molar-refractivity contribution in [2.45, 2.75) is 5.92 Å². The second kappa shape index (κ2) is 4.38. The number of fused-ring (bicyclic) bond motifs is 1. The minimum absolute atomic E-state index is 0.220. The molecule has 1 unspecified atom stereocenters. The van der Waals surface area contributed by atoms with Gasteiger partial charge >= 0.3 is 0 Å². The quantitative estimate of drug-likeness (QED) is 0.716. The molecule has 0 bridgehead atoms. The van der Waals surface area contributed by atoms with Gasteiger partial charge in [0.1, 0.15) is 0 Å². The van der Waals surface area contributed by atoms with E-state index in [1.54, 1.807) is 0 Å². The van der Waals surface area contributed by atoms with Crippen LogP contribution < -0.4 is 0 Å². The zero-order valence-electron chi connectivity index (χ0n) is 9.80. The summed E-state index contributed by atoms with van der Waals surface area (Å²) < 4.78 is 0. The van der Waals surface area contributed by atoms with E-state index in [2.05, 4.69) is 29.3 Å². The molecule has 1 aromatic heterocycles. The molecule has 18 heavy (non-hydrogen) atoms. The number of nitrogens with zero attached hydrogens (tertiary/aromatic N) is 1. The third-order valence-electron chi connectivity index (χ3n) is 3.22. The molecule has 0 radical (unpaired) electrons. The summed E-state index contributed by atoms with van der Waals surface area (Å²) in [5, 5.41) is 11.8. The zero-order chi connectivity index (χ0) is 12.4. The van der Waals surface area contributed by atoms with Crippen LogP contribution in [0.25, 0.3) is 10.8 Å². The van der Waals surface area contributed by atoms with E-state index in [0.29, 0.717) is 0 Å². The molecule has 1 N–H and O–H groups in total. The normalized spacial score (nSPS) is 12.2. The predicted molar refractivity (Wildman–Crippen MR) is 72.2 cm³/mol. The number of hydrogen-bond acceptors (Lipinski definition) is 1. The number of H-pyrrole nitrogens is 1. The van der Waals surface area contributed by atoms with Crippen molar-refractivity contribution in [2.75, 3.05) is 0 Å². The van der Waals surface area contributed by atoms with Crippen LogP contribution in [0, 0.1) is 11.3 Å². The van der Waals surface area contributed by atoms with E-state index in [9.17, 15) is 5.26 Å². The summed E-state index contributed by atoms with van der Waals surface area (Å²) in [6, 6.07) is 18.6. The van der Waals surface area contributed by atoms with Crippen LogP contribution in [0.2, 0.25) is 0 Å². The van der Waals surface area contributed by atoms with E-state index < -0.39 is 0 Å². The average Bonchev–Trinajstić information content (AvgIpc) is 2.94. The van der Waals surface area contributed by atoms with Gasteiger partial charge in [0.25, 0.3) is 0 Å². The number of rotatable bonds is 2. The summed E-state index contributed by atoms with van der Waals surface area (Å²) in [5.41, 5.74) is 2.07. The van der Waals surface area contributed by atoms with Crippen molar-refractivity contribution in [3.63, 3.8) is 0 Å². The second-order valence-corrected chi connectivity index (χ2v) is 4.27. The first kappa shape index (κ1) is 10.6. The number of nitrogens with one attached hydrogen (secondary N) is 1. The Kier molecular flexibility index (Phi) is 2.59. The van der Waals surface area contributed by atoms with Crippen LogP contribution in [0.4, 0.5) is 0 Å². The van der Waals surface area contributed by atoms with Crippen molar-refractivity contribution < 1.29 is 0 Å². The van der Waals surface area contributed by atoms with E-state index in [0.717, 1.165) is 16.5 Å². The molecular weight excluding hydrogens is 220 g/mol. The van der Waals surface area contributed by atoms with E-state index in [1.807, 2.05) is 42.7 Å². The molecule has 0 spiro atoms. The van der Waals surface area contributed by atoms with Gasteiger partial charge in [0.2, 0.25) is 0 Å². The largest absolute Gasteiger partial charge is 0.367 e. The van der Waals surface area contributed by atoms with Crippen LogP contribution in [0.15, 0.2) is 60.9 Å². The lowest BCUT2D eigenvalue weighted by molar-refractivity contribution is 1.05. The first-order chi connectivity index (χ1) is 8.90. The molecule has 86 valence electrons.